The number of hydrogen-bond acceptors (Lipinski definition) is 5. The first-order valence-electron chi connectivity index (χ1n) is 9.89. The van der Waals surface area contributed by atoms with Crippen molar-refractivity contribution in [2.24, 2.45) is 0 Å². The van der Waals surface area contributed by atoms with Crippen molar-refractivity contribution in [2.75, 3.05) is 20.2 Å². The van der Waals surface area contributed by atoms with Gasteiger partial charge in [-0.2, -0.15) is 0 Å². The topological polar surface area (TPSA) is 54.5 Å². The molecule has 1 saturated heterocycles. The van der Waals surface area contributed by atoms with Gasteiger partial charge in [-0.25, -0.2) is 4.98 Å². The van der Waals surface area contributed by atoms with E-state index in [1.807, 2.05) is 24.3 Å². The summed E-state index contributed by atoms with van der Waals surface area (Å²) < 4.78 is 5.18. The van der Waals surface area contributed by atoms with Crippen molar-refractivity contribution >= 4 is 17.2 Å². The van der Waals surface area contributed by atoms with Gasteiger partial charge in [0, 0.05) is 24.0 Å². The van der Waals surface area contributed by atoms with E-state index in [4.69, 9.17) is 4.74 Å². The molecule has 1 N–H and O–H groups in total. The number of carbonyl (C=O) groups excluding carboxylic acids is 1. The third-order valence-electron chi connectivity index (χ3n) is 5.15. The van der Waals surface area contributed by atoms with E-state index in [0.717, 1.165) is 28.4 Å². The molecule has 2 aromatic carbocycles. The SMILES string of the molecule is COc1ccc(-c2nc(C(=O)NCc3ccc(CN4CCCC4)cc3)cs2)cc1. The zero-order valence-electron chi connectivity index (χ0n) is 16.6. The lowest BCUT2D eigenvalue weighted by Gasteiger charge is -2.14. The second-order valence-corrected chi connectivity index (χ2v) is 8.11. The summed E-state index contributed by atoms with van der Waals surface area (Å²) in [6.07, 6.45) is 2.61. The molecule has 5 nitrogen and oxygen atoms in total. The fourth-order valence-electron chi connectivity index (χ4n) is 3.48. The number of aromatic nitrogens is 1. The Kier molecular flexibility index (Phi) is 6.22. The average molecular weight is 408 g/mol. The van der Waals surface area contributed by atoms with Crippen LogP contribution in [0.3, 0.4) is 0 Å². The van der Waals surface area contributed by atoms with E-state index < -0.39 is 0 Å². The molecule has 6 heteroatoms. The monoisotopic (exact) mass is 407 g/mol. The molecule has 150 valence electrons. The minimum Gasteiger partial charge on any atom is -0.497 e. The van der Waals surface area contributed by atoms with Gasteiger partial charge < -0.3 is 10.1 Å². The zero-order chi connectivity index (χ0) is 20.1. The van der Waals surface area contributed by atoms with E-state index in [2.05, 4.69) is 39.5 Å². The summed E-state index contributed by atoms with van der Waals surface area (Å²) in [4.78, 5) is 19.4. The lowest BCUT2D eigenvalue weighted by atomic mass is 10.1. The Bertz CT molecular complexity index is 945. The zero-order valence-corrected chi connectivity index (χ0v) is 17.4. The van der Waals surface area contributed by atoms with Crippen LogP contribution in [0.1, 0.15) is 34.5 Å². The molecule has 2 heterocycles. The number of hydrogen-bond donors (Lipinski definition) is 1. The molecule has 1 aliphatic heterocycles. The normalized spacial score (nSPS) is 14.1. The van der Waals surface area contributed by atoms with Crippen molar-refractivity contribution < 1.29 is 9.53 Å². The maximum absolute atomic E-state index is 12.5. The molecule has 0 aliphatic carbocycles. The number of rotatable bonds is 7. The second-order valence-electron chi connectivity index (χ2n) is 7.25. The fourth-order valence-corrected chi connectivity index (χ4v) is 4.28. The summed E-state index contributed by atoms with van der Waals surface area (Å²) in [7, 11) is 1.64. The first kappa shape index (κ1) is 19.6. The van der Waals surface area contributed by atoms with Crippen LogP contribution in [-0.4, -0.2) is 36.0 Å². The molecule has 0 saturated carbocycles. The average Bonchev–Trinajstić information content (AvgIpc) is 3.45. The Hall–Kier alpha value is -2.70. The van der Waals surface area contributed by atoms with E-state index in [9.17, 15) is 4.79 Å². The minimum absolute atomic E-state index is 0.151. The summed E-state index contributed by atoms with van der Waals surface area (Å²) >= 11 is 1.47. The van der Waals surface area contributed by atoms with Crippen LogP contribution >= 0.6 is 11.3 Å². The van der Waals surface area contributed by atoms with Crippen molar-refractivity contribution in [1.29, 1.82) is 0 Å². The van der Waals surface area contributed by atoms with Crippen LogP contribution in [-0.2, 0) is 13.1 Å². The van der Waals surface area contributed by atoms with Crippen LogP contribution in [0.5, 0.6) is 5.75 Å². The molecule has 4 rings (SSSR count). The number of carbonyl (C=O) groups is 1. The number of likely N-dealkylation sites (tertiary alicyclic amines) is 1. The van der Waals surface area contributed by atoms with Crippen molar-refractivity contribution in [1.82, 2.24) is 15.2 Å². The summed E-state index contributed by atoms with van der Waals surface area (Å²) in [5.74, 6) is 0.650. The standard InChI is InChI=1S/C23H25N3O2S/c1-28-20-10-8-19(9-11-20)23-25-21(16-29-23)22(27)24-14-17-4-6-18(7-5-17)15-26-12-2-3-13-26/h4-11,16H,2-3,12-15H2,1H3,(H,24,27). The molecule has 29 heavy (non-hydrogen) atoms. The van der Waals surface area contributed by atoms with Crippen molar-refractivity contribution in [3.05, 3.63) is 70.7 Å². The molecule has 0 radical (unpaired) electrons. The molecule has 0 bridgehead atoms. The molecule has 1 aliphatic rings. The highest BCUT2D eigenvalue weighted by molar-refractivity contribution is 7.13. The fraction of sp³-hybridized carbons (Fsp3) is 0.304. The van der Waals surface area contributed by atoms with Gasteiger partial charge in [0.1, 0.15) is 16.5 Å². The minimum atomic E-state index is -0.151. The largest absolute Gasteiger partial charge is 0.497 e. The van der Waals surface area contributed by atoms with Gasteiger partial charge in [0.2, 0.25) is 0 Å². The van der Waals surface area contributed by atoms with E-state index in [1.165, 1.54) is 42.8 Å². The van der Waals surface area contributed by atoms with Gasteiger partial charge >= 0.3 is 0 Å². The molecular formula is C23H25N3O2S. The number of methoxy groups -OCH3 is 1. The summed E-state index contributed by atoms with van der Waals surface area (Å²) in [6, 6.07) is 16.2. The molecule has 1 aromatic heterocycles. The lowest BCUT2D eigenvalue weighted by Crippen LogP contribution is -2.23. The molecule has 1 fully saturated rings. The third kappa shape index (κ3) is 5.02. The van der Waals surface area contributed by atoms with Crippen LogP contribution < -0.4 is 10.1 Å². The number of thiazole rings is 1. The molecule has 1 amide bonds. The molecule has 0 unspecified atom stereocenters. The first-order valence-corrected chi connectivity index (χ1v) is 10.8. The predicted octanol–water partition coefficient (Wildman–Crippen LogP) is 4.34. The highest BCUT2D eigenvalue weighted by Crippen LogP contribution is 2.25. The highest BCUT2D eigenvalue weighted by Gasteiger charge is 2.13. The van der Waals surface area contributed by atoms with Crippen molar-refractivity contribution in [3.63, 3.8) is 0 Å². The van der Waals surface area contributed by atoms with Gasteiger partial charge in [-0.1, -0.05) is 24.3 Å². The predicted molar refractivity (Wildman–Crippen MR) is 116 cm³/mol. The third-order valence-corrected chi connectivity index (χ3v) is 6.05. The molecule has 0 atom stereocenters. The summed E-state index contributed by atoms with van der Waals surface area (Å²) in [5, 5.41) is 5.59. The van der Waals surface area contributed by atoms with Gasteiger partial charge in [0.25, 0.3) is 5.91 Å². The molecule has 3 aromatic rings. The van der Waals surface area contributed by atoms with Gasteiger partial charge in [-0.15, -0.1) is 11.3 Å². The van der Waals surface area contributed by atoms with E-state index in [-0.39, 0.29) is 5.91 Å². The van der Waals surface area contributed by atoms with E-state index in [0.29, 0.717) is 12.2 Å². The van der Waals surface area contributed by atoms with Gasteiger partial charge in [0.05, 0.1) is 7.11 Å². The van der Waals surface area contributed by atoms with Gasteiger partial charge in [-0.3, -0.25) is 9.69 Å². The highest BCUT2D eigenvalue weighted by atomic mass is 32.1. The van der Waals surface area contributed by atoms with Gasteiger partial charge in [-0.05, 0) is 61.3 Å². The van der Waals surface area contributed by atoms with Crippen LogP contribution in [0.25, 0.3) is 10.6 Å². The Morgan fingerprint density at radius 3 is 2.45 bits per heavy atom. The second kappa shape index (κ2) is 9.20. The quantitative estimate of drug-likeness (QED) is 0.633. The maximum atomic E-state index is 12.5. The Balaban J connectivity index is 1.31. The van der Waals surface area contributed by atoms with Crippen LogP contribution in [0.15, 0.2) is 53.9 Å². The van der Waals surface area contributed by atoms with Crippen LogP contribution in [0.4, 0.5) is 0 Å². The summed E-state index contributed by atoms with van der Waals surface area (Å²) in [6.45, 7) is 3.91. The number of amides is 1. The number of nitrogens with zero attached hydrogens (tertiary/aromatic N) is 2. The maximum Gasteiger partial charge on any atom is 0.271 e. The smallest absolute Gasteiger partial charge is 0.271 e. The van der Waals surface area contributed by atoms with Crippen molar-refractivity contribution in [2.45, 2.75) is 25.9 Å². The van der Waals surface area contributed by atoms with Crippen molar-refractivity contribution in [3.8, 4) is 16.3 Å². The Morgan fingerprint density at radius 1 is 1.07 bits per heavy atom. The number of ether oxygens (including phenoxy) is 1. The summed E-state index contributed by atoms with van der Waals surface area (Å²) in [5.41, 5.74) is 3.84. The first-order chi connectivity index (χ1) is 14.2. The van der Waals surface area contributed by atoms with E-state index in [1.54, 1.807) is 12.5 Å². The lowest BCUT2D eigenvalue weighted by molar-refractivity contribution is 0.0946. The Morgan fingerprint density at radius 2 is 1.76 bits per heavy atom. The van der Waals surface area contributed by atoms with Crippen LogP contribution in [0, 0.1) is 0 Å². The van der Waals surface area contributed by atoms with Crippen LogP contribution in [0.2, 0.25) is 0 Å². The number of benzene rings is 2. The van der Waals surface area contributed by atoms with Gasteiger partial charge in [0.15, 0.2) is 0 Å². The van der Waals surface area contributed by atoms with E-state index >= 15 is 0 Å². The number of nitrogens with one attached hydrogen (secondary N) is 1. The Labute approximate surface area is 175 Å². The molecular weight excluding hydrogens is 382 g/mol. The molecule has 0 spiro atoms.